The summed E-state index contributed by atoms with van der Waals surface area (Å²) in [5.41, 5.74) is -0.901. The van der Waals surface area contributed by atoms with Crippen LogP contribution in [0.25, 0.3) is 0 Å². The van der Waals surface area contributed by atoms with E-state index in [0.717, 1.165) is 12.8 Å². The minimum atomic E-state index is -0.451. The number of aliphatic hydroxyl groups is 2. The zero-order valence-electron chi connectivity index (χ0n) is 16.7. The number of carbonyl (C=O) groups is 2. The molecule has 4 atom stereocenters. The van der Waals surface area contributed by atoms with Gasteiger partial charge < -0.3 is 30.3 Å². The second kappa shape index (κ2) is 8.90. The lowest BCUT2D eigenvalue weighted by Gasteiger charge is -2.19. The van der Waals surface area contributed by atoms with Gasteiger partial charge in [-0.1, -0.05) is 0 Å². The lowest BCUT2D eigenvalue weighted by Crippen LogP contribution is -2.34. The van der Waals surface area contributed by atoms with Crippen molar-refractivity contribution in [2.75, 3.05) is 13.2 Å². The first kappa shape index (κ1) is 22.5. The molecular weight excluding hydrogens is 340 g/mol. The lowest BCUT2D eigenvalue weighted by atomic mass is 10.2. The zero-order valence-corrected chi connectivity index (χ0v) is 16.7. The van der Waals surface area contributed by atoms with Gasteiger partial charge >= 0.3 is 12.2 Å². The highest BCUT2D eigenvalue weighted by molar-refractivity contribution is 5.69. The molecule has 2 rings (SSSR count). The maximum Gasteiger partial charge on any atom is 0.407 e. The normalized spacial score (nSPS) is 26.8. The molecule has 152 valence electrons. The molecule has 0 bridgehead atoms. The first-order valence-corrected chi connectivity index (χ1v) is 9.05. The predicted octanol–water partition coefficient (Wildman–Crippen LogP) is 1.78. The summed E-state index contributed by atoms with van der Waals surface area (Å²) in [5.74, 6) is 0.458. The molecule has 8 nitrogen and oxygen atoms in total. The van der Waals surface area contributed by atoms with Crippen molar-refractivity contribution < 1.29 is 29.3 Å². The predicted molar refractivity (Wildman–Crippen MR) is 96.7 cm³/mol. The van der Waals surface area contributed by atoms with Gasteiger partial charge in [-0.15, -0.1) is 0 Å². The molecule has 0 aromatic rings. The fraction of sp³-hybridized carbons (Fsp3) is 0.889. The Balaban J connectivity index is 0.000000260. The van der Waals surface area contributed by atoms with Gasteiger partial charge in [-0.3, -0.25) is 0 Å². The van der Waals surface area contributed by atoms with Gasteiger partial charge in [-0.25, -0.2) is 9.59 Å². The van der Waals surface area contributed by atoms with Crippen LogP contribution in [0.4, 0.5) is 9.59 Å². The first-order valence-electron chi connectivity index (χ1n) is 9.05. The molecule has 8 heteroatoms. The Morgan fingerprint density at radius 1 is 0.808 bits per heavy atom. The minimum absolute atomic E-state index is 0.111. The Bertz CT molecular complexity index is 439. The second-order valence-corrected chi connectivity index (χ2v) is 8.86. The van der Waals surface area contributed by atoms with Gasteiger partial charge in [0.1, 0.15) is 11.2 Å². The number of rotatable bonds is 4. The molecule has 4 N–H and O–H groups in total. The largest absolute Gasteiger partial charge is 0.444 e. The molecule has 0 unspecified atom stereocenters. The van der Waals surface area contributed by atoms with Crippen LogP contribution < -0.4 is 10.6 Å². The number of hydrogen-bond donors (Lipinski definition) is 4. The van der Waals surface area contributed by atoms with Crippen LogP contribution in [0.5, 0.6) is 0 Å². The average molecular weight is 374 g/mol. The highest BCUT2D eigenvalue weighted by Gasteiger charge is 2.39. The summed E-state index contributed by atoms with van der Waals surface area (Å²) in [6.45, 7) is 11.2. The molecule has 0 aliphatic heterocycles. The van der Waals surface area contributed by atoms with Crippen molar-refractivity contribution in [3.63, 3.8) is 0 Å². The van der Waals surface area contributed by atoms with Crippen molar-refractivity contribution in [2.24, 2.45) is 11.8 Å². The smallest absolute Gasteiger partial charge is 0.407 e. The van der Waals surface area contributed by atoms with Crippen LogP contribution in [0.1, 0.15) is 54.4 Å². The molecule has 0 spiro atoms. The Morgan fingerprint density at radius 3 is 1.31 bits per heavy atom. The number of carbonyl (C=O) groups excluding carboxylic acids is 2. The molecule has 0 heterocycles. The van der Waals surface area contributed by atoms with Gasteiger partial charge in [0.05, 0.1) is 0 Å². The minimum Gasteiger partial charge on any atom is -0.444 e. The number of amides is 2. The Labute approximate surface area is 155 Å². The van der Waals surface area contributed by atoms with Crippen LogP contribution in [-0.2, 0) is 9.47 Å². The summed E-state index contributed by atoms with van der Waals surface area (Å²) in [6.07, 6.45) is 0.924. The average Bonchev–Trinajstić information content (AvgIpc) is 3.32. The maximum absolute atomic E-state index is 11.2. The molecule has 0 radical (unpaired) electrons. The Morgan fingerprint density at radius 2 is 1.12 bits per heavy atom. The molecule has 0 saturated heterocycles. The van der Waals surface area contributed by atoms with E-state index in [-0.39, 0.29) is 37.1 Å². The quantitative estimate of drug-likeness (QED) is 0.596. The molecule has 2 aliphatic carbocycles. The van der Waals surface area contributed by atoms with Gasteiger partial charge in [0.2, 0.25) is 0 Å². The van der Waals surface area contributed by atoms with Crippen molar-refractivity contribution >= 4 is 12.2 Å². The third kappa shape index (κ3) is 9.82. The topological polar surface area (TPSA) is 117 Å². The van der Waals surface area contributed by atoms with Crippen LogP contribution >= 0.6 is 0 Å². The third-order valence-corrected chi connectivity index (χ3v) is 3.72. The summed E-state index contributed by atoms with van der Waals surface area (Å²) in [5, 5.41) is 22.8. The highest BCUT2D eigenvalue weighted by Crippen LogP contribution is 2.30. The van der Waals surface area contributed by atoms with Crippen molar-refractivity contribution in [1.82, 2.24) is 10.6 Å². The fourth-order valence-corrected chi connectivity index (χ4v) is 2.17. The van der Waals surface area contributed by atoms with Crippen LogP contribution in [0.2, 0.25) is 0 Å². The lowest BCUT2D eigenvalue weighted by molar-refractivity contribution is 0.0507. The van der Waals surface area contributed by atoms with E-state index in [4.69, 9.17) is 19.7 Å². The van der Waals surface area contributed by atoms with E-state index in [0.29, 0.717) is 0 Å². The van der Waals surface area contributed by atoms with E-state index in [9.17, 15) is 9.59 Å². The van der Waals surface area contributed by atoms with Gasteiger partial charge in [0.15, 0.2) is 0 Å². The van der Waals surface area contributed by atoms with Crippen LogP contribution in [0.15, 0.2) is 0 Å². The highest BCUT2D eigenvalue weighted by atomic mass is 16.6. The van der Waals surface area contributed by atoms with E-state index in [1.54, 1.807) is 0 Å². The monoisotopic (exact) mass is 374 g/mol. The number of hydrogen-bond acceptors (Lipinski definition) is 6. The maximum atomic E-state index is 11.2. The van der Waals surface area contributed by atoms with E-state index in [1.165, 1.54) is 0 Å². The molecular formula is C18H34N2O6. The number of aliphatic hydroxyl groups excluding tert-OH is 2. The van der Waals surface area contributed by atoms with Gasteiger partial charge in [-0.2, -0.15) is 0 Å². The third-order valence-electron chi connectivity index (χ3n) is 3.72. The van der Waals surface area contributed by atoms with E-state index in [2.05, 4.69) is 10.6 Å². The summed E-state index contributed by atoms with van der Waals surface area (Å²) >= 11 is 0. The molecule has 2 fully saturated rings. The van der Waals surface area contributed by atoms with Crippen LogP contribution in [0, 0.1) is 11.8 Å². The van der Waals surface area contributed by atoms with Gasteiger partial charge in [-0.05, 0) is 54.4 Å². The molecule has 2 amide bonds. The van der Waals surface area contributed by atoms with Crippen molar-refractivity contribution in [3.05, 3.63) is 0 Å². The molecule has 2 saturated carbocycles. The summed E-state index contributed by atoms with van der Waals surface area (Å²) in [7, 11) is 0. The molecule has 2 aliphatic rings. The first-order chi connectivity index (χ1) is 11.8. The van der Waals surface area contributed by atoms with Crippen molar-refractivity contribution in [1.29, 1.82) is 0 Å². The van der Waals surface area contributed by atoms with E-state index >= 15 is 0 Å². The second-order valence-electron chi connectivity index (χ2n) is 8.86. The summed E-state index contributed by atoms with van der Waals surface area (Å²) < 4.78 is 10.1. The molecule has 0 aromatic carbocycles. The number of ether oxygens (including phenoxy) is 2. The number of alkyl carbamates (subject to hydrolysis) is 2. The molecule has 0 aromatic heterocycles. The van der Waals surface area contributed by atoms with E-state index in [1.807, 2.05) is 41.5 Å². The van der Waals surface area contributed by atoms with Gasteiger partial charge in [0, 0.05) is 37.1 Å². The SMILES string of the molecule is CC(C)(C)OC(=O)N[C@@H]1C[C@@H]1CO.CC(C)(C)OC(=O)N[C@H]1C[C@H]1CO. The standard InChI is InChI=1S/2C9H17NO3/c2*1-9(2,3)13-8(12)10-7-4-6(7)5-11/h2*6-7,11H,4-5H2,1-3H3,(H,10,12)/t2*6-,7-/m10/s1. The molecule has 26 heavy (non-hydrogen) atoms. The van der Waals surface area contributed by atoms with Gasteiger partial charge in [0.25, 0.3) is 0 Å². The number of nitrogens with one attached hydrogen (secondary N) is 2. The summed E-state index contributed by atoms with van der Waals surface area (Å²) in [6, 6.07) is 0.222. The fourth-order valence-electron chi connectivity index (χ4n) is 2.17. The van der Waals surface area contributed by atoms with Crippen LogP contribution in [0.3, 0.4) is 0 Å². The van der Waals surface area contributed by atoms with Crippen molar-refractivity contribution in [3.8, 4) is 0 Å². The summed E-state index contributed by atoms with van der Waals surface area (Å²) in [4.78, 5) is 22.3. The Kier molecular flexibility index (Phi) is 7.70. The van der Waals surface area contributed by atoms with Crippen LogP contribution in [-0.4, -0.2) is 58.9 Å². The van der Waals surface area contributed by atoms with Crippen molar-refractivity contribution in [2.45, 2.75) is 77.7 Å². The zero-order chi connectivity index (χ0) is 20.1. The Hall–Kier alpha value is -1.54. The van der Waals surface area contributed by atoms with E-state index < -0.39 is 23.4 Å².